The molecule has 1 aliphatic heterocycles. The van der Waals surface area contributed by atoms with Gasteiger partial charge in [-0.25, -0.2) is 4.79 Å². The number of carbonyl (C=O) groups is 1. The minimum Gasteiger partial charge on any atom is -0.444 e. The van der Waals surface area contributed by atoms with E-state index in [2.05, 4.69) is 20.8 Å². The lowest BCUT2D eigenvalue weighted by atomic mass is 9.90. The number of carbonyl (C=O) groups excluding carboxylic acids is 1. The first kappa shape index (κ1) is 20.9. The largest absolute Gasteiger partial charge is 0.444 e. The quantitative estimate of drug-likeness (QED) is 0.729. The number of ether oxygens (including phenoxy) is 1. The van der Waals surface area contributed by atoms with Gasteiger partial charge in [0.1, 0.15) is 11.7 Å². The van der Waals surface area contributed by atoms with Crippen molar-refractivity contribution in [1.29, 1.82) is 0 Å². The fraction of sp³-hybridized carbons (Fsp3) is 0.650. The van der Waals surface area contributed by atoms with E-state index in [1.165, 1.54) is 4.90 Å². The van der Waals surface area contributed by atoms with Crippen molar-refractivity contribution in [3.63, 3.8) is 0 Å². The van der Waals surface area contributed by atoms with E-state index >= 15 is 0 Å². The number of hydrogen-bond acceptors (Lipinski definition) is 4. The second-order valence-electron chi connectivity index (χ2n) is 7.98. The molecule has 26 heavy (non-hydrogen) atoms. The number of hydrogen-bond donors (Lipinski definition) is 1. The predicted octanol–water partition coefficient (Wildman–Crippen LogP) is 4.69. The number of aliphatic hydroxyl groups excluding tert-OH is 1. The van der Waals surface area contributed by atoms with Crippen LogP contribution in [-0.2, 0) is 9.16 Å². The van der Waals surface area contributed by atoms with Crippen LogP contribution in [0.1, 0.15) is 53.1 Å². The summed E-state index contributed by atoms with van der Waals surface area (Å²) in [6.07, 6.45) is -1.89. The summed E-state index contributed by atoms with van der Waals surface area (Å²) in [5.74, 6) is 0. The van der Waals surface area contributed by atoms with Crippen molar-refractivity contribution in [2.24, 2.45) is 0 Å². The summed E-state index contributed by atoms with van der Waals surface area (Å²) in [6, 6.07) is 12.4. The molecule has 5 nitrogen and oxygen atoms in total. The maximum atomic E-state index is 12.7. The van der Waals surface area contributed by atoms with Gasteiger partial charge in [0, 0.05) is 0 Å². The second-order valence-corrected chi connectivity index (χ2v) is 12.7. The van der Waals surface area contributed by atoms with Crippen LogP contribution in [0, 0.1) is 0 Å². The topological polar surface area (TPSA) is 59.0 Å². The highest BCUT2D eigenvalue weighted by atomic mass is 28.4. The van der Waals surface area contributed by atoms with Gasteiger partial charge in [0.2, 0.25) is 0 Å². The molecule has 1 fully saturated rings. The second kappa shape index (κ2) is 8.11. The summed E-state index contributed by atoms with van der Waals surface area (Å²) in [6.45, 7) is 12.0. The van der Waals surface area contributed by atoms with Crippen LogP contribution in [0.5, 0.6) is 0 Å². The van der Waals surface area contributed by atoms with Gasteiger partial charge >= 0.3 is 6.09 Å². The first-order valence-electron chi connectivity index (χ1n) is 9.60. The molecule has 1 saturated heterocycles. The molecule has 0 saturated carbocycles. The van der Waals surface area contributed by atoms with Crippen molar-refractivity contribution in [3.05, 3.63) is 35.9 Å². The van der Waals surface area contributed by atoms with Gasteiger partial charge in [0.15, 0.2) is 14.5 Å². The molecule has 0 radical (unpaired) electrons. The molecule has 1 aromatic carbocycles. The SMILES string of the molecule is CC[Si](CC)(CC)OC1C(O)N(C(=O)OC(C)(C)C)C1c1ccccc1. The molecule has 146 valence electrons. The Kier molecular flexibility index (Phi) is 6.53. The molecule has 0 aliphatic carbocycles. The Hall–Kier alpha value is -1.37. The number of aliphatic hydroxyl groups is 1. The van der Waals surface area contributed by atoms with Gasteiger partial charge in [0.05, 0.1) is 6.04 Å². The van der Waals surface area contributed by atoms with Crippen molar-refractivity contribution in [1.82, 2.24) is 4.90 Å². The van der Waals surface area contributed by atoms with Crippen LogP contribution in [-0.4, -0.2) is 42.3 Å². The minimum atomic E-state index is -1.92. The van der Waals surface area contributed by atoms with Crippen molar-refractivity contribution < 1.29 is 19.1 Å². The Morgan fingerprint density at radius 1 is 1.12 bits per heavy atom. The maximum Gasteiger partial charge on any atom is 0.413 e. The summed E-state index contributed by atoms with van der Waals surface area (Å²) >= 11 is 0. The maximum absolute atomic E-state index is 12.7. The number of nitrogens with zero attached hydrogens (tertiary/aromatic N) is 1. The molecule has 3 atom stereocenters. The van der Waals surface area contributed by atoms with Crippen molar-refractivity contribution in [2.45, 2.75) is 83.6 Å². The van der Waals surface area contributed by atoms with E-state index in [9.17, 15) is 9.90 Å². The molecule has 1 heterocycles. The van der Waals surface area contributed by atoms with Gasteiger partial charge in [-0.2, -0.15) is 0 Å². The Bertz CT molecular complexity index is 589. The lowest BCUT2D eigenvalue weighted by Gasteiger charge is -2.54. The molecule has 0 bridgehead atoms. The van der Waals surface area contributed by atoms with E-state index in [-0.39, 0.29) is 6.04 Å². The molecule has 1 aromatic rings. The average Bonchev–Trinajstić information content (AvgIpc) is 2.60. The summed E-state index contributed by atoms with van der Waals surface area (Å²) in [7, 11) is -1.92. The molecule has 1 N–H and O–H groups in total. The number of amides is 1. The minimum absolute atomic E-state index is 0.322. The van der Waals surface area contributed by atoms with Crippen molar-refractivity contribution in [2.75, 3.05) is 0 Å². The summed E-state index contributed by atoms with van der Waals surface area (Å²) in [5, 5.41) is 10.7. The van der Waals surface area contributed by atoms with Gasteiger partial charge in [-0.3, -0.25) is 4.90 Å². The monoisotopic (exact) mass is 379 g/mol. The summed E-state index contributed by atoms with van der Waals surface area (Å²) < 4.78 is 12.1. The molecule has 3 unspecified atom stereocenters. The zero-order chi connectivity index (χ0) is 19.5. The van der Waals surface area contributed by atoms with Crippen LogP contribution < -0.4 is 0 Å². The molecular weight excluding hydrogens is 346 g/mol. The van der Waals surface area contributed by atoms with E-state index in [4.69, 9.17) is 9.16 Å². The highest BCUT2D eigenvalue weighted by Gasteiger charge is 2.55. The Morgan fingerprint density at radius 3 is 2.12 bits per heavy atom. The molecular formula is C20H33NO4Si. The zero-order valence-electron chi connectivity index (χ0n) is 16.9. The Labute approximate surface area is 158 Å². The number of rotatable bonds is 6. The molecule has 0 aromatic heterocycles. The number of likely N-dealkylation sites (tertiary alicyclic amines) is 1. The van der Waals surface area contributed by atoms with E-state index in [1.807, 2.05) is 51.1 Å². The normalized spacial score (nSPS) is 23.5. The first-order chi connectivity index (χ1) is 12.2. The molecule has 6 heteroatoms. The van der Waals surface area contributed by atoms with Gasteiger partial charge in [-0.05, 0) is 44.5 Å². The first-order valence-corrected chi connectivity index (χ1v) is 12.1. The highest BCUT2D eigenvalue weighted by molar-refractivity contribution is 6.73. The highest BCUT2D eigenvalue weighted by Crippen LogP contribution is 2.43. The average molecular weight is 380 g/mol. The molecule has 1 aliphatic rings. The standard InChI is InChI=1S/C20H33NO4Si/c1-7-26(8-2,9-3)25-17-16(15-13-11-10-12-14-15)21(18(17)22)19(23)24-20(4,5)6/h10-14,16-18,22H,7-9H2,1-6H3. The lowest BCUT2D eigenvalue weighted by Crippen LogP contribution is -2.67. The van der Waals surface area contributed by atoms with E-state index < -0.39 is 32.3 Å². The Morgan fingerprint density at radius 2 is 1.65 bits per heavy atom. The summed E-state index contributed by atoms with van der Waals surface area (Å²) in [4.78, 5) is 14.1. The fourth-order valence-electron chi connectivity index (χ4n) is 3.49. The summed E-state index contributed by atoms with van der Waals surface area (Å²) in [5.41, 5.74) is 0.346. The molecule has 1 amide bonds. The molecule has 0 spiro atoms. The van der Waals surface area contributed by atoms with E-state index in [0.29, 0.717) is 0 Å². The van der Waals surface area contributed by atoms with Crippen LogP contribution in [0.3, 0.4) is 0 Å². The third-order valence-corrected chi connectivity index (χ3v) is 9.89. The van der Waals surface area contributed by atoms with Gasteiger partial charge in [0.25, 0.3) is 0 Å². The van der Waals surface area contributed by atoms with Gasteiger partial charge in [-0.15, -0.1) is 0 Å². The lowest BCUT2D eigenvalue weighted by molar-refractivity contribution is -0.195. The smallest absolute Gasteiger partial charge is 0.413 e. The number of benzene rings is 1. The van der Waals surface area contributed by atoms with E-state index in [1.54, 1.807) is 0 Å². The molecule has 2 rings (SSSR count). The van der Waals surface area contributed by atoms with Crippen LogP contribution in [0.25, 0.3) is 0 Å². The van der Waals surface area contributed by atoms with E-state index in [0.717, 1.165) is 23.7 Å². The Balaban J connectivity index is 2.30. The van der Waals surface area contributed by atoms with Crippen molar-refractivity contribution >= 4 is 14.4 Å². The van der Waals surface area contributed by atoms with Crippen LogP contribution in [0.4, 0.5) is 4.79 Å². The van der Waals surface area contributed by atoms with Crippen molar-refractivity contribution in [3.8, 4) is 0 Å². The fourth-order valence-corrected chi connectivity index (χ4v) is 6.32. The van der Waals surface area contributed by atoms with Gasteiger partial charge in [-0.1, -0.05) is 51.1 Å². The third-order valence-electron chi connectivity index (χ3n) is 5.25. The third kappa shape index (κ3) is 4.30. The predicted molar refractivity (Wildman–Crippen MR) is 105 cm³/mol. The van der Waals surface area contributed by atoms with Crippen LogP contribution in [0.2, 0.25) is 18.1 Å². The zero-order valence-corrected chi connectivity index (χ0v) is 17.9. The van der Waals surface area contributed by atoms with Crippen LogP contribution >= 0.6 is 0 Å². The van der Waals surface area contributed by atoms with Gasteiger partial charge < -0.3 is 14.3 Å². The van der Waals surface area contributed by atoms with Crippen LogP contribution in [0.15, 0.2) is 30.3 Å².